The van der Waals surface area contributed by atoms with Crippen molar-refractivity contribution in [3.05, 3.63) is 43.1 Å². The number of nitrogens with zero attached hydrogens (tertiary/aromatic N) is 1. The molecule has 0 N–H and O–H groups in total. The highest BCUT2D eigenvalue weighted by Gasteiger charge is 2.03. The van der Waals surface area contributed by atoms with Crippen LogP contribution in [-0.4, -0.2) is 11.7 Å². The first-order valence-electron chi connectivity index (χ1n) is 4.59. The first-order valence-corrected chi connectivity index (χ1v) is 4.59. The van der Waals surface area contributed by atoms with Crippen molar-refractivity contribution in [2.45, 2.75) is 6.54 Å². The Hall–Kier alpha value is -1.70. The molecule has 14 heavy (non-hydrogen) atoms. The number of benzene rings is 1. The lowest BCUT2D eigenvalue weighted by Crippen LogP contribution is -1.91. The third kappa shape index (κ3) is 1.29. The quantitative estimate of drug-likeness (QED) is 0.674. The van der Waals surface area contributed by atoms with Gasteiger partial charge >= 0.3 is 0 Å². The second-order valence-corrected chi connectivity index (χ2v) is 3.15. The van der Waals surface area contributed by atoms with Crippen LogP contribution in [0.25, 0.3) is 10.9 Å². The summed E-state index contributed by atoms with van der Waals surface area (Å²) in [5, 5.41) is 1.15. The summed E-state index contributed by atoms with van der Waals surface area (Å²) in [6.07, 6.45) is 3.94. The fourth-order valence-corrected chi connectivity index (χ4v) is 1.67. The minimum absolute atomic E-state index is 0.830. The van der Waals surface area contributed by atoms with E-state index in [1.54, 1.807) is 7.11 Å². The third-order valence-corrected chi connectivity index (χ3v) is 2.32. The van der Waals surface area contributed by atoms with Crippen LogP contribution in [0.3, 0.4) is 0 Å². The summed E-state index contributed by atoms with van der Waals surface area (Å²) < 4.78 is 7.42. The second-order valence-electron chi connectivity index (χ2n) is 3.15. The zero-order valence-corrected chi connectivity index (χ0v) is 8.23. The van der Waals surface area contributed by atoms with Gasteiger partial charge in [-0.3, -0.25) is 0 Å². The van der Waals surface area contributed by atoms with E-state index in [1.165, 1.54) is 5.52 Å². The van der Waals surface area contributed by atoms with Crippen molar-refractivity contribution in [2.75, 3.05) is 7.11 Å². The predicted molar refractivity (Wildman–Crippen MR) is 58.7 cm³/mol. The molecule has 72 valence electrons. The third-order valence-electron chi connectivity index (χ3n) is 2.32. The van der Waals surface area contributed by atoms with Gasteiger partial charge < -0.3 is 9.30 Å². The SMILES string of the molecule is C=CCn1ccc2c(OC)cccc21. The van der Waals surface area contributed by atoms with E-state index >= 15 is 0 Å². The molecule has 0 aliphatic heterocycles. The van der Waals surface area contributed by atoms with Crippen molar-refractivity contribution in [3.8, 4) is 5.75 Å². The van der Waals surface area contributed by atoms with Gasteiger partial charge in [-0.15, -0.1) is 6.58 Å². The van der Waals surface area contributed by atoms with E-state index in [0.29, 0.717) is 0 Å². The Bertz CT molecular complexity index is 456. The van der Waals surface area contributed by atoms with E-state index in [0.717, 1.165) is 17.7 Å². The Morgan fingerprint density at radius 2 is 2.29 bits per heavy atom. The molecule has 1 aromatic heterocycles. The van der Waals surface area contributed by atoms with Gasteiger partial charge in [0.2, 0.25) is 0 Å². The molecule has 2 nitrogen and oxygen atoms in total. The molecule has 0 bridgehead atoms. The summed E-state index contributed by atoms with van der Waals surface area (Å²) in [6, 6.07) is 8.13. The lowest BCUT2D eigenvalue weighted by Gasteiger charge is -2.03. The van der Waals surface area contributed by atoms with Crippen LogP contribution in [0.1, 0.15) is 0 Å². The first kappa shape index (κ1) is 8.88. The van der Waals surface area contributed by atoms with Gasteiger partial charge in [0, 0.05) is 18.1 Å². The van der Waals surface area contributed by atoms with E-state index in [-0.39, 0.29) is 0 Å². The molecule has 2 aromatic rings. The second kappa shape index (κ2) is 3.58. The zero-order chi connectivity index (χ0) is 9.97. The van der Waals surface area contributed by atoms with Crippen LogP contribution in [0, 0.1) is 0 Å². The Balaban J connectivity index is 2.63. The molecule has 0 spiro atoms. The molecule has 0 atom stereocenters. The molecule has 0 amide bonds. The first-order chi connectivity index (χ1) is 6.86. The number of methoxy groups -OCH3 is 1. The van der Waals surface area contributed by atoms with Crippen molar-refractivity contribution in [2.24, 2.45) is 0 Å². The van der Waals surface area contributed by atoms with Gasteiger partial charge in [0.15, 0.2) is 0 Å². The maximum Gasteiger partial charge on any atom is 0.128 e. The van der Waals surface area contributed by atoms with Crippen LogP contribution in [-0.2, 0) is 6.54 Å². The summed E-state index contributed by atoms with van der Waals surface area (Å²) in [5.41, 5.74) is 1.18. The van der Waals surface area contributed by atoms with Crippen LogP contribution >= 0.6 is 0 Å². The van der Waals surface area contributed by atoms with Crippen molar-refractivity contribution < 1.29 is 4.74 Å². The van der Waals surface area contributed by atoms with Gasteiger partial charge in [-0.1, -0.05) is 12.1 Å². The normalized spacial score (nSPS) is 10.4. The molecule has 2 rings (SSSR count). The fraction of sp³-hybridized carbons (Fsp3) is 0.167. The predicted octanol–water partition coefficient (Wildman–Crippen LogP) is 2.84. The van der Waals surface area contributed by atoms with Gasteiger partial charge in [-0.2, -0.15) is 0 Å². The van der Waals surface area contributed by atoms with Gasteiger partial charge in [-0.05, 0) is 18.2 Å². The zero-order valence-electron chi connectivity index (χ0n) is 8.23. The lowest BCUT2D eigenvalue weighted by atomic mass is 10.2. The highest BCUT2D eigenvalue weighted by atomic mass is 16.5. The Labute approximate surface area is 83.4 Å². The number of rotatable bonds is 3. The average Bonchev–Trinajstić information content (AvgIpc) is 2.62. The highest BCUT2D eigenvalue weighted by Crippen LogP contribution is 2.25. The fourth-order valence-electron chi connectivity index (χ4n) is 1.67. The number of hydrogen-bond donors (Lipinski definition) is 0. The molecular formula is C12H13NO. The Morgan fingerprint density at radius 1 is 1.43 bits per heavy atom. The molecule has 0 saturated heterocycles. The van der Waals surface area contributed by atoms with Crippen LogP contribution < -0.4 is 4.74 Å². The minimum Gasteiger partial charge on any atom is -0.496 e. The number of allylic oxidation sites excluding steroid dienone is 1. The van der Waals surface area contributed by atoms with Gasteiger partial charge in [0.25, 0.3) is 0 Å². The van der Waals surface area contributed by atoms with E-state index in [1.807, 2.05) is 18.2 Å². The number of fused-ring (bicyclic) bond motifs is 1. The van der Waals surface area contributed by atoms with Crippen molar-refractivity contribution in [1.82, 2.24) is 4.57 Å². The maximum absolute atomic E-state index is 5.28. The molecule has 0 unspecified atom stereocenters. The standard InChI is InChI=1S/C12H13NO/c1-3-8-13-9-7-10-11(13)5-4-6-12(10)14-2/h3-7,9H,1,8H2,2H3. The van der Waals surface area contributed by atoms with E-state index in [4.69, 9.17) is 4.74 Å². The molecular weight excluding hydrogens is 174 g/mol. The molecule has 1 aromatic carbocycles. The molecule has 1 heterocycles. The Kier molecular flexibility index (Phi) is 2.27. The minimum atomic E-state index is 0.830. The molecule has 0 aliphatic rings. The monoisotopic (exact) mass is 187 g/mol. The summed E-state index contributed by atoms with van der Waals surface area (Å²) in [6.45, 7) is 4.56. The topological polar surface area (TPSA) is 14.2 Å². The van der Waals surface area contributed by atoms with E-state index < -0.39 is 0 Å². The molecule has 0 saturated carbocycles. The van der Waals surface area contributed by atoms with E-state index in [9.17, 15) is 0 Å². The smallest absolute Gasteiger partial charge is 0.128 e. The number of ether oxygens (including phenoxy) is 1. The average molecular weight is 187 g/mol. The largest absolute Gasteiger partial charge is 0.496 e. The lowest BCUT2D eigenvalue weighted by molar-refractivity contribution is 0.420. The Morgan fingerprint density at radius 3 is 3.00 bits per heavy atom. The number of hydrogen-bond acceptors (Lipinski definition) is 1. The van der Waals surface area contributed by atoms with Gasteiger partial charge in [-0.25, -0.2) is 0 Å². The molecule has 0 radical (unpaired) electrons. The molecule has 0 fully saturated rings. The van der Waals surface area contributed by atoms with Crippen LogP contribution in [0.2, 0.25) is 0 Å². The number of aromatic nitrogens is 1. The molecule has 0 aliphatic carbocycles. The van der Waals surface area contributed by atoms with Crippen LogP contribution in [0.15, 0.2) is 43.1 Å². The molecule has 2 heteroatoms. The summed E-state index contributed by atoms with van der Waals surface area (Å²) >= 11 is 0. The van der Waals surface area contributed by atoms with Crippen molar-refractivity contribution in [1.29, 1.82) is 0 Å². The van der Waals surface area contributed by atoms with Crippen LogP contribution in [0.4, 0.5) is 0 Å². The summed E-state index contributed by atoms with van der Waals surface area (Å²) in [4.78, 5) is 0. The maximum atomic E-state index is 5.28. The highest BCUT2D eigenvalue weighted by molar-refractivity contribution is 5.86. The van der Waals surface area contributed by atoms with Crippen molar-refractivity contribution >= 4 is 10.9 Å². The summed E-state index contributed by atoms with van der Waals surface area (Å²) in [7, 11) is 1.69. The van der Waals surface area contributed by atoms with Gasteiger partial charge in [0.05, 0.1) is 12.6 Å². The summed E-state index contributed by atoms with van der Waals surface area (Å²) in [5.74, 6) is 0.922. The van der Waals surface area contributed by atoms with Crippen molar-refractivity contribution in [3.63, 3.8) is 0 Å². The van der Waals surface area contributed by atoms with E-state index in [2.05, 4.69) is 29.5 Å². The van der Waals surface area contributed by atoms with Crippen LogP contribution in [0.5, 0.6) is 5.75 Å². The van der Waals surface area contributed by atoms with Gasteiger partial charge in [0.1, 0.15) is 5.75 Å².